The van der Waals surface area contributed by atoms with E-state index in [4.69, 9.17) is 4.74 Å². The summed E-state index contributed by atoms with van der Waals surface area (Å²) in [5.74, 6) is 2.60. The van der Waals surface area contributed by atoms with Crippen molar-refractivity contribution >= 4 is 16.6 Å². The van der Waals surface area contributed by atoms with Gasteiger partial charge in [-0.1, -0.05) is 48.5 Å². The van der Waals surface area contributed by atoms with Crippen LogP contribution in [0.1, 0.15) is 5.56 Å². The van der Waals surface area contributed by atoms with Gasteiger partial charge in [-0.05, 0) is 23.6 Å². The molecule has 4 rings (SSSR count). The summed E-state index contributed by atoms with van der Waals surface area (Å²) in [6, 6.07) is 22.4. The Labute approximate surface area is 129 Å². The van der Waals surface area contributed by atoms with E-state index in [1.807, 2.05) is 48.5 Å². The summed E-state index contributed by atoms with van der Waals surface area (Å²) in [6.45, 7) is 1.70. The molecule has 0 radical (unpaired) electrons. The Bertz CT molecular complexity index is 849. The molecule has 0 spiro atoms. The molecule has 0 saturated heterocycles. The normalized spacial score (nSPS) is 13.7. The monoisotopic (exact) mass is 288 g/mol. The second-order valence-electron chi connectivity index (χ2n) is 5.23. The molecule has 1 aliphatic heterocycles. The molecule has 3 aromatic rings. The standard InChI is InChI=1S/C19H16N2O/c1-2-8-15-14(6-1)7-5-11-17(15)22-18-10-4-3-9-16(18)19-20-12-13-21-19/h1-11H,12-13H2,(H,20,21). The van der Waals surface area contributed by atoms with E-state index in [0.29, 0.717) is 0 Å². The van der Waals surface area contributed by atoms with Gasteiger partial charge in [0.15, 0.2) is 0 Å². The number of ether oxygens (including phenoxy) is 1. The highest BCUT2D eigenvalue weighted by atomic mass is 16.5. The van der Waals surface area contributed by atoms with Crippen molar-refractivity contribution in [3.63, 3.8) is 0 Å². The zero-order valence-corrected chi connectivity index (χ0v) is 12.1. The topological polar surface area (TPSA) is 33.6 Å². The fraction of sp³-hybridized carbons (Fsp3) is 0.105. The number of aliphatic imine (C=N–C) groups is 1. The Morgan fingerprint density at radius 3 is 2.50 bits per heavy atom. The molecule has 3 nitrogen and oxygen atoms in total. The van der Waals surface area contributed by atoms with Crippen molar-refractivity contribution in [3.8, 4) is 11.5 Å². The number of amidine groups is 1. The van der Waals surface area contributed by atoms with Gasteiger partial charge in [-0.2, -0.15) is 0 Å². The van der Waals surface area contributed by atoms with Crippen molar-refractivity contribution in [3.05, 3.63) is 72.3 Å². The third-order valence-electron chi connectivity index (χ3n) is 3.79. The number of fused-ring (bicyclic) bond motifs is 1. The van der Waals surface area contributed by atoms with Gasteiger partial charge in [0, 0.05) is 11.9 Å². The van der Waals surface area contributed by atoms with Crippen LogP contribution in [0.5, 0.6) is 11.5 Å². The Hall–Kier alpha value is -2.81. The molecule has 0 aromatic heterocycles. The van der Waals surface area contributed by atoms with Crippen molar-refractivity contribution in [2.75, 3.05) is 13.1 Å². The maximum atomic E-state index is 6.21. The van der Waals surface area contributed by atoms with Crippen molar-refractivity contribution in [1.29, 1.82) is 0 Å². The van der Waals surface area contributed by atoms with Crippen molar-refractivity contribution in [2.24, 2.45) is 4.99 Å². The lowest BCUT2D eigenvalue weighted by atomic mass is 10.1. The van der Waals surface area contributed by atoms with Crippen LogP contribution in [0.25, 0.3) is 10.8 Å². The molecule has 0 fully saturated rings. The highest BCUT2D eigenvalue weighted by Gasteiger charge is 2.14. The maximum absolute atomic E-state index is 6.21. The summed E-state index contributed by atoms with van der Waals surface area (Å²) >= 11 is 0. The number of para-hydroxylation sites is 1. The predicted octanol–water partition coefficient (Wildman–Crippen LogP) is 3.98. The molecular formula is C19H16N2O. The third kappa shape index (κ3) is 2.31. The highest BCUT2D eigenvalue weighted by molar-refractivity contribution is 6.02. The molecule has 3 heteroatoms. The predicted molar refractivity (Wildman–Crippen MR) is 89.9 cm³/mol. The minimum Gasteiger partial charge on any atom is -0.456 e. The fourth-order valence-electron chi connectivity index (χ4n) is 2.73. The zero-order valence-electron chi connectivity index (χ0n) is 12.1. The number of benzene rings is 3. The third-order valence-corrected chi connectivity index (χ3v) is 3.79. The maximum Gasteiger partial charge on any atom is 0.138 e. The molecule has 0 aliphatic carbocycles. The van der Waals surface area contributed by atoms with Crippen LogP contribution >= 0.6 is 0 Å². The van der Waals surface area contributed by atoms with Crippen molar-refractivity contribution < 1.29 is 4.74 Å². The first-order valence-corrected chi connectivity index (χ1v) is 7.45. The van der Waals surface area contributed by atoms with Gasteiger partial charge in [0.1, 0.15) is 17.3 Å². The van der Waals surface area contributed by atoms with E-state index in [-0.39, 0.29) is 0 Å². The average Bonchev–Trinajstić information content (AvgIpc) is 3.10. The lowest BCUT2D eigenvalue weighted by Gasteiger charge is -2.13. The number of hydrogen-bond acceptors (Lipinski definition) is 3. The molecule has 0 bridgehead atoms. The number of nitrogens with one attached hydrogen (secondary N) is 1. The summed E-state index contributed by atoms with van der Waals surface area (Å²) in [4.78, 5) is 4.50. The zero-order chi connectivity index (χ0) is 14.8. The molecule has 1 heterocycles. The first-order chi connectivity index (χ1) is 10.9. The molecule has 1 N–H and O–H groups in total. The van der Waals surface area contributed by atoms with Crippen LogP contribution in [0.2, 0.25) is 0 Å². The molecule has 1 aliphatic rings. The van der Waals surface area contributed by atoms with E-state index >= 15 is 0 Å². The molecule has 108 valence electrons. The van der Waals surface area contributed by atoms with Crippen molar-refractivity contribution in [2.45, 2.75) is 0 Å². The number of rotatable bonds is 3. The Morgan fingerprint density at radius 1 is 0.818 bits per heavy atom. The summed E-state index contributed by atoms with van der Waals surface area (Å²) in [5.41, 5.74) is 1.01. The van der Waals surface area contributed by atoms with Crippen LogP contribution in [0.4, 0.5) is 0 Å². The molecule has 22 heavy (non-hydrogen) atoms. The van der Waals surface area contributed by atoms with Gasteiger partial charge in [-0.15, -0.1) is 0 Å². The first-order valence-electron chi connectivity index (χ1n) is 7.45. The quantitative estimate of drug-likeness (QED) is 0.791. The van der Waals surface area contributed by atoms with Crippen LogP contribution in [0.3, 0.4) is 0 Å². The van der Waals surface area contributed by atoms with E-state index in [0.717, 1.165) is 41.4 Å². The number of nitrogens with zero attached hydrogens (tertiary/aromatic N) is 1. The van der Waals surface area contributed by atoms with E-state index in [2.05, 4.69) is 28.5 Å². The van der Waals surface area contributed by atoms with E-state index in [1.54, 1.807) is 0 Å². The number of hydrogen-bond donors (Lipinski definition) is 1. The smallest absolute Gasteiger partial charge is 0.138 e. The molecule has 3 aromatic carbocycles. The van der Waals surface area contributed by atoms with Gasteiger partial charge >= 0.3 is 0 Å². The molecule has 0 saturated carbocycles. The second-order valence-corrected chi connectivity index (χ2v) is 5.23. The lowest BCUT2D eigenvalue weighted by Crippen LogP contribution is -2.19. The van der Waals surface area contributed by atoms with Gasteiger partial charge in [0.05, 0.1) is 12.1 Å². The molecule has 0 atom stereocenters. The highest BCUT2D eigenvalue weighted by Crippen LogP contribution is 2.31. The van der Waals surface area contributed by atoms with E-state index in [9.17, 15) is 0 Å². The summed E-state index contributed by atoms with van der Waals surface area (Å²) in [5, 5.41) is 5.59. The van der Waals surface area contributed by atoms with E-state index < -0.39 is 0 Å². The van der Waals surface area contributed by atoms with Gasteiger partial charge in [0.2, 0.25) is 0 Å². The first kappa shape index (κ1) is 12.9. The van der Waals surface area contributed by atoms with E-state index in [1.165, 1.54) is 5.39 Å². The second kappa shape index (κ2) is 5.53. The van der Waals surface area contributed by atoms with Gasteiger partial charge < -0.3 is 10.1 Å². The van der Waals surface area contributed by atoms with Crippen molar-refractivity contribution in [1.82, 2.24) is 5.32 Å². The summed E-state index contributed by atoms with van der Waals surface area (Å²) in [6.07, 6.45) is 0. The lowest BCUT2D eigenvalue weighted by molar-refractivity contribution is 0.487. The van der Waals surface area contributed by atoms with Crippen LogP contribution in [-0.4, -0.2) is 18.9 Å². The average molecular weight is 288 g/mol. The Morgan fingerprint density at radius 2 is 1.59 bits per heavy atom. The minimum absolute atomic E-state index is 0.817. The molecule has 0 unspecified atom stereocenters. The van der Waals surface area contributed by atoms with Crippen LogP contribution < -0.4 is 10.1 Å². The largest absolute Gasteiger partial charge is 0.456 e. The van der Waals surface area contributed by atoms with Crippen LogP contribution in [-0.2, 0) is 0 Å². The molecule has 0 amide bonds. The minimum atomic E-state index is 0.817. The van der Waals surface area contributed by atoms with Crippen LogP contribution in [0.15, 0.2) is 71.7 Å². The van der Waals surface area contributed by atoms with Crippen LogP contribution in [0, 0.1) is 0 Å². The molecular weight excluding hydrogens is 272 g/mol. The fourth-order valence-corrected chi connectivity index (χ4v) is 2.73. The SMILES string of the molecule is c1ccc(C2=NCCN2)c(Oc2cccc3ccccc23)c1. The van der Waals surface area contributed by atoms with Gasteiger partial charge in [-0.3, -0.25) is 4.99 Å². The summed E-state index contributed by atoms with van der Waals surface area (Å²) in [7, 11) is 0. The summed E-state index contributed by atoms with van der Waals surface area (Å²) < 4.78 is 6.21. The van der Waals surface area contributed by atoms with Gasteiger partial charge in [0.25, 0.3) is 0 Å². The Balaban J connectivity index is 1.77. The Kier molecular flexibility index (Phi) is 3.24. The van der Waals surface area contributed by atoms with Gasteiger partial charge in [-0.25, -0.2) is 0 Å².